The summed E-state index contributed by atoms with van der Waals surface area (Å²) in [5.74, 6) is -0.0726. The molecule has 102 valence electrons. The van der Waals surface area contributed by atoms with Crippen LogP contribution in [0.2, 0.25) is 0 Å². The molecule has 3 heterocycles. The van der Waals surface area contributed by atoms with Crippen LogP contribution in [0.25, 0.3) is 21.9 Å². The highest BCUT2D eigenvalue weighted by Crippen LogP contribution is 2.28. The van der Waals surface area contributed by atoms with Crippen LogP contribution in [-0.4, -0.2) is 25.2 Å². The number of para-hydroxylation sites is 1. The number of rotatable bonds is 1. The molecule has 0 radical (unpaired) electrons. The summed E-state index contributed by atoms with van der Waals surface area (Å²) in [5.41, 5.74) is 3.28. The van der Waals surface area contributed by atoms with Gasteiger partial charge < -0.3 is 0 Å². The summed E-state index contributed by atoms with van der Waals surface area (Å²) in [5, 5.41) is 5.30. The average Bonchev–Trinajstić information content (AvgIpc) is 3.06. The van der Waals surface area contributed by atoms with Gasteiger partial charge in [-0.15, -0.1) is 0 Å². The van der Waals surface area contributed by atoms with Gasteiger partial charge in [-0.2, -0.15) is 5.10 Å². The molecule has 4 aromatic rings. The molecule has 0 unspecified atom stereocenters. The molecule has 0 saturated heterocycles. The van der Waals surface area contributed by atoms with Crippen molar-refractivity contribution in [3.63, 3.8) is 0 Å². The van der Waals surface area contributed by atoms with E-state index in [1.165, 1.54) is 0 Å². The molecule has 0 saturated carbocycles. The maximum absolute atomic E-state index is 12.8. The van der Waals surface area contributed by atoms with Gasteiger partial charge in [-0.05, 0) is 18.2 Å². The predicted octanol–water partition coefficient (Wildman–Crippen LogP) is 2.61. The molecule has 0 aliphatic heterocycles. The number of benzene rings is 1. The third-order valence-corrected chi connectivity index (χ3v) is 3.69. The Bertz CT molecular complexity index is 966. The number of hydrogen-bond donors (Lipinski definition) is 0. The zero-order valence-electron chi connectivity index (χ0n) is 11.4. The van der Waals surface area contributed by atoms with E-state index >= 15 is 0 Å². The van der Waals surface area contributed by atoms with E-state index in [4.69, 9.17) is 0 Å². The number of nitrogens with zero attached hydrogens (tertiary/aromatic N) is 4. The van der Waals surface area contributed by atoms with Crippen LogP contribution in [0.3, 0.4) is 0 Å². The minimum Gasteiger partial charge on any atom is -0.272 e. The Morgan fingerprint density at radius 2 is 1.81 bits per heavy atom. The second-order valence-corrected chi connectivity index (χ2v) is 4.90. The Kier molecular flexibility index (Phi) is 2.41. The van der Waals surface area contributed by atoms with Gasteiger partial charge in [0, 0.05) is 30.4 Å². The minimum absolute atomic E-state index is 0.0726. The Labute approximate surface area is 120 Å². The number of aryl methyl sites for hydroxylation is 1. The van der Waals surface area contributed by atoms with E-state index in [1.54, 1.807) is 40.0 Å². The number of fused-ring (bicyclic) bond motifs is 3. The second kappa shape index (κ2) is 4.28. The Morgan fingerprint density at radius 3 is 2.62 bits per heavy atom. The number of carbonyl (C=O) groups is 1. The minimum atomic E-state index is -0.0726. The molecule has 0 aliphatic rings. The van der Waals surface area contributed by atoms with Gasteiger partial charge in [0.05, 0.1) is 22.7 Å². The predicted molar refractivity (Wildman–Crippen MR) is 80.2 cm³/mol. The Morgan fingerprint density at radius 1 is 1.05 bits per heavy atom. The maximum Gasteiger partial charge on any atom is 0.263 e. The van der Waals surface area contributed by atoms with Crippen molar-refractivity contribution >= 4 is 27.8 Å². The van der Waals surface area contributed by atoms with Crippen LogP contribution >= 0.6 is 0 Å². The van der Waals surface area contributed by atoms with Gasteiger partial charge >= 0.3 is 0 Å². The number of carbonyl (C=O) groups excluding carboxylic acids is 1. The van der Waals surface area contributed by atoms with E-state index in [0.29, 0.717) is 5.56 Å². The summed E-state index contributed by atoms with van der Waals surface area (Å²) >= 11 is 0. The van der Waals surface area contributed by atoms with Gasteiger partial charge in [0.15, 0.2) is 0 Å². The zero-order valence-corrected chi connectivity index (χ0v) is 11.4. The standard InChI is InChI=1S/C16H12N4O/c1-19-15-12-4-2-3-5-13(12)20(14(15)10-18-19)16(21)11-6-8-17-9-7-11/h2-10H,1H3. The van der Waals surface area contributed by atoms with Crippen molar-refractivity contribution in [2.75, 3.05) is 0 Å². The Hall–Kier alpha value is -2.95. The molecule has 0 N–H and O–H groups in total. The van der Waals surface area contributed by atoms with E-state index in [2.05, 4.69) is 10.1 Å². The van der Waals surface area contributed by atoms with Crippen molar-refractivity contribution in [1.29, 1.82) is 0 Å². The molecule has 5 heteroatoms. The SMILES string of the molecule is Cn1ncc2c1c1ccccc1n2C(=O)c1ccncc1. The van der Waals surface area contributed by atoms with E-state index in [0.717, 1.165) is 21.9 Å². The molecular weight excluding hydrogens is 264 g/mol. The number of aromatic nitrogens is 4. The molecule has 0 atom stereocenters. The first-order valence-corrected chi connectivity index (χ1v) is 6.63. The smallest absolute Gasteiger partial charge is 0.263 e. The van der Waals surface area contributed by atoms with Crippen LogP contribution in [0.5, 0.6) is 0 Å². The summed E-state index contributed by atoms with van der Waals surface area (Å²) < 4.78 is 3.51. The molecule has 4 rings (SSSR count). The number of pyridine rings is 1. The van der Waals surface area contributed by atoms with Gasteiger partial charge in [-0.1, -0.05) is 18.2 Å². The van der Waals surface area contributed by atoms with Crippen LogP contribution in [-0.2, 0) is 7.05 Å². The molecular formula is C16H12N4O. The lowest BCUT2D eigenvalue weighted by Gasteiger charge is -2.04. The van der Waals surface area contributed by atoms with Crippen LogP contribution in [0.15, 0.2) is 55.0 Å². The molecule has 21 heavy (non-hydrogen) atoms. The van der Waals surface area contributed by atoms with E-state index in [9.17, 15) is 4.79 Å². The normalized spacial score (nSPS) is 11.3. The molecule has 1 aromatic carbocycles. The molecule has 0 fully saturated rings. The van der Waals surface area contributed by atoms with Gasteiger partial charge in [0.25, 0.3) is 5.91 Å². The van der Waals surface area contributed by atoms with Gasteiger partial charge in [-0.25, -0.2) is 0 Å². The van der Waals surface area contributed by atoms with Crippen molar-refractivity contribution < 1.29 is 4.79 Å². The monoisotopic (exact) mass is 276 g/mol. The van der Waals surface area contributed by atoms with Crippen molar-refractivity contribution in [1.82, 2.24) is 19.3 Å². The van der Waals surface area contributed by atoms with E-state index in [1.807, 2.05) is 31.3 Å². The summed E-state index contributed by atoms with van der Waals surface area (Å²) in [7, 11) is 1.88. The number of hydrogen-bond acceptors (Lipinski definition) is 3. The van der Waals surface area contributed by atoms with Crippen LogP contribution in [0.4, 0.5) is 0 Å². The van der Waals surface area contributed by atoms with Gasteiger partial charge in [0.1, 0.15) is 0 Å². The zero-order chi connectivity index (χ0) is 14.4. The molecule has 0 bridgehead atoms. The second-order valence-electron chi connectivity index (χ2n) is 4.90. The first-order chi connectivity index (χ1) is 10.3. The lowest BCUT2D eigenvalue weighted by atomic mass is 10.2. The van der Waals surface area contributed by atoms with Crippen molar-refractivity contribution in [2.45, 2.75) is 0 Å². The molecule has 0 amide bonds. The topological polar surface area (TPSA) is 52.7 Å². The lowest BCUT2D eigenvalue weighted by Crippen LogP contribution is -2.11. The van der Waals surface area contributed by atoms with Crippen molar-refractivity contribution in [2.24, 2.45) is 7.05 Å². The van der Waals surface area contributed by atoms with Crippen molar-refractivity contribution in [3.05, 3.63) is 60.6 Å². The fraction of sp³-hybridized carbons (Fsp3) is 0.0625. The van der Waals surface area contributed by atoms with Crippen LogP contribution < -0.4 is 0 Å². The van der Waals surface area contributed by atoms with Gasteiger partial charge in [0.2, 0.25) is 0 Å². The van der Waals surface area contributed by atoms with Crippen LogP contribution in [0, 0.1) is 0 Å². The fourth-order valence-electron chi connectivity index (χ4n) is 2.74. The molecule has 5 nitrogen and oxygen atoms in total. The Balaban J connectivity index is 2.09. The van der Waals surface area contributed by atoms with Crippen LogP contribution in [0.1, 0.15) is 10.4 Å². The molecule has 0 aliphatic carbocycles. The summed E-state index contributed by atoms with van der Waals surface area (Å²) in [4.78, 5) is 16.8. The van der Waals surface area contributed by atoms with E-state index < -0.39 is 0 Å². The lowest BCUT2D eigenvalue weighted by molar-refractivity contribution is 0.0969. The summed E-state index contributed by atoms with van der Waals surface area (Å²) in [6.45, 7) is 0. The third-order valence-electron chi connectivity index (χ3n) is 3.69. The largest absolute Gasteiger partial charge is 0.272 e. The highest BCUT2D eigenvalue weighted by molar-refractivity contribution is 6.14. The summed E-state index contributed by atoms with van der Waals surface area (Å²) in [6.07, 6.45) is 4.98. The highest BCUT2D eigenvalue weighted by atomic mass is 16.2. The first kappa shape index (κ1) is 11.8. The molecule has 3 aromatic heterocycles. The third kappa shape index (κ3) is 1.61. The highest BCUT2D eigenvalue weighted by Gasteiger charge is 2.19. The fourth-order valence-corrected chi connectivity index (χ4v) is 2.74. The van der Waals surface area contributed by atoms with Crippen molar-refractivity contribution in [3.8, 4) is 0 Å². The maximum atomic E-state index is 12.8. The van der Waals surface area contributed by atoms with E-state index in [-0.39, 0.29) is 5.91 Å². The van der Waals surface area contributed by atoms with Gasteiger partial charge in [-0.3, -0.25) is 19.0 Å². The molecule has 0 spiro atoms. The summed E-state index contributed by atoms with van der Waals surface area (Å²) in [6, 6.07) is 11.3. The first-order valence-electron chi connectivity index (χ1n) is 6.63. The quantitative estimate of drug-likeness (QED) is 0.537. The average molecular weight is 276 g/mol.